The maximum Gasteiger partial charge on any atom is 0 e. The predicted molar refractivity (Wildman–Crippen MR) is 132 cm³/mol. The van der Waals surface area contributed by atoms with Gasteiger partial charge in [-0.15, -0.1) is 0 Å². The molecule has 4 aromatic carbocycles. The third kappa shape index (κ3) is 8.28. The zero-order valence-electron chi connectivity index (χ0n) is 15.9. The molecule has 0 nitrogen and oxygen atoms in total. The van der Waals surface area contributed by atoms with E-state index in [4.69, 9.17) is 0 Å². The summed E-state index contributed by atoms with van der Waals surface area (Å²) >= 11 is 0. The van der Waals surface area contributed by atoms with Crippen molar-refractivity contribution >= 4 is 24.3 Å². The molecule has 0 spiro atoms. The van der Waals surface area contributed by atoms with Crippen LogP contribution >= 0.6 is 0 Å². The Morgan fingerprint density at radius 3 is 0.655 bits per heavy atom. The molecule has 0 saturated heterocycles. The zero-order valence-corrected chi connectivity index (χ0v) is 15.9. The first-order valence-electron chi connectivity index (χ1n) is 9.46. The van der Waals surface area contributed by atoms with Crippen LogP contribution in [0.1, 0.15) is 31.1 Å². The second-order valence-corrected chi connectivity index (χ2v) is 6.31. The van der Waals surface area contributed by atoms with Gasteiger partial charge in [0.2, 0.25) is 0 Å². The molecule has 0 N–H and O–H groups in total. The molecule has 0 aliphatic rings. The van der Waals surface area contributed by atoms with Crippen LogP contribution < -0.4 is 0 Å². The van der Waals surface area contributed by atoms with E-state index < -0.39 is 0 Å². The van der Waals surface area contributed by atoms with E-state index >= 15 is 0 Å². The fourth-order valence-corrected chi connectivity index (χ4v) is 2.64. The van der Waals surface area contributed by atoms with E-state index in [1.165, 1.54) is 22.3 Å². The minimum atomic E-state index is 0. The van der Waals surface area contributed by atoms with Gasteiger partial charge in [0.1, 0.15) is 0 Å². The monoisotopic (exact) mass is 379 g/mol. The first-order valence-corrected chi connectivity index (χ1v) is 9.46. The Hall–Kier alpha value is -3.64. The Morgan fingerprint density at radius 2 is 0.483 bits per heavy atom. The second kappa shape index (κ2) is 12.7. The average molecular weight is 380 g/mol. The van der Waals surface area contributed by atoms with Crippen LogP contribution in [0.2, 0.25) is 0 Å². The quantitative estimate of drug-likeness (QED) is 0.311. The van der Waals surface area contributed by atoms with Crippen molar-refractivity contribution in [3.05, 3.63) is 144 Å². The Bertz CT molecular complexity index is 805. The molecule has 0 aromatic heterocycles. The zero-order chi connectivity index (χ0) is 19.3. The minimum Gasteiger partial charge on any atom is -0.0776 e. The van der Waals surface area contributed by atoms with E-state index in [0.29, 0.717) is 0 Å². The summed E-state index contributed by atoms with van der Waals surface area (Å²) in [6.45, 7) is 0. The van der Waals surface area contributed by atoms with Gasteiger partial charge in [-0.1, -0.05) is 153 Å². The van der Waals surface area contributed by atoms with Gasteiger partial charge in [-0.2, -0.15) is 0 Å². The Balaban J connectivity index is 0.000000281. The van der Waals surface area contributed by atoms with Crippen molar-refractivity contribution in [2.45, 2.75) is 7.43 Å². The first-order chi connectivity index (χ1) is 13.9. The van der Waals surface area contributed by atoms with Crippen LogP contribution in [0.5, 0.6) is 0 Å². The molecular weight excluding hydrogens is 348 g/mol. The molecule has 29 heavy (non-hydrogen) atoms. The van der Waals surface area contributed by atoms with E-state index in [1.807, 2.05) is 72.8 Å². The number of hydrogen-bond donors (Lipinski definition) is 0. The van der Waals surface area contributed by atoms with Gasteiger partial charge in [0.15, 0.2) is 0 Å². The average Bonchev–Trinajstić information content (AvgIpc) is 2.80. The summed E-state index contributed by atoms with van der Waals surface area (Å²) < 4.78 is 0. The third-order valence-corrected chi connectivity index (χ3v) is 4.13. The fraction of sp³-hybridized carbons (Fsp3) is 0.0345. The van der Waals surface area contributed by atoms with Crippen LogP contribution in [0.3, 0.4) is 0 Å². The maximum absolute atomic E-state index is 2.12. The highest BCUT2D eigenvalue weighted by atomic mass is 13.9. The smallest absolute Gasteiger partial charge is 0 e. The third-order valence-electron chi connectivity index (χ3n) is 4.13. The van der Waals surface area contributed by atoms with Gasteiger partial charge < -0.3 is 0 Å². The number of benzene rings is 4. The summed E-state index contributed by atoms with van der Waals surface area (Å²) in [7, 11) is 0. The molecule has 0 amide bonds. The first kappa shape index (κ1) is 21.7. The highest BCUT2D eigenvalue weighted by Gasteiger charge is 1.85. The summed E-state index contributed by atoms with van der Waals surface area (Å²) in [5, 5.41) is 0. The van der Waals surface area contributed by atoms with Gasteiger partial charge in [-0.05, 0) is 22.3 Å². The SMILES string of the molecule is C.C(=C/c1ccccc1)/c1ccccc1.C(=C\c1ccccc1)/c1ccccc1.[2HH]. The molecule has 0 radical (unpaired) electrons. The van der Waals surface area contributed by atoms with Crippen molar-refractivity contribution in [2.75, 3.05) is 0 Å². The van der Waals surface area contributed by atoms with E-state index in [0.717, 1.165) is 0 Å². The lowest BCUT2D eigenvalue weighted by atomic mass is 10.1. The van der Waals surface area contributed by atoms with E-state index in [1.54, 1.807) is 0 Å². The molecule has 4 rings (SSSR count). The molecule has 0 heterocycles. The van der Waals surface area contributed by atoms with Gasteiger partial charge in [0, 0.05) is 1.43 Å². The van der Waals surface area contributed by atoms with Crippen molar-refractivity contribution in [1.29, 1.82) is 0 Å². The highest BCUT2D eigenvalue weighted by Crippen LogP contribution is 2.08. The van der Waals surface area contributed by atoms with Crippen molar-refractivity contribution in [1.82, 2.24) is 0 Å². The number of rotatable bonds is 4. The standard InChI is InChI=1S/2C14H12.CH4.H2/c2*1-3-7-13(8-4-1)11-12-14-9-5-2-6-10-14;;/h2*1-12H;1H4;1H/b12-11+;12-11-;;/i;;;1+1. The second-order valence-electron chi connectivity index (χ2n) is 6.31. The number of hydrogen-bond acceptors (Lipinski definition) is 0. The van der Waals surface area contributed by atoms with Crippen LogP contribution in [0.25, 0.3) is 24.3 Å². The molecule has 0 fully saturated rings. The molecule has 0 atom stereocenters. The normalized spacial score (nSPS) is 10.2. The summed E-state index contributed by atoms with van der Waals surface area (Å²) in [5.74, 6) is 0. The molecule has 0 unspecified atom stereocenters. The van der Waals surface area contributed by atoms with Crippen LogP contribution in [-0.4, -0.2) is 0 Å². The summed E-state index contributed by atoms with van der Waals surface area (Å²) in [6, 6.07) is 41.3. The minimum absolute atomic E-state index is 0. The fourth-order valence-electron chi connectivity index (χ4n) is 2.64. The molecule has 0 aliphatic carbocycles. The maximum atomic E-state index is 2.12. The largest absolute Gasteiger partial charge is 0.0776 e. The van der Waals surface area contributed by atoms with Crippen molar-refractivity contribution in [3.63, 3.8) is 0 Å². The summed E-state index contributed by atoms with van der Waals surface area (Å²) in [6.07, 6.45) is 8.48. The van der Waals surface area contributed by atoms with Gasteiger partial charge in [0.05, 0.1) is 0 Å². The molecule has 0 bridgehead atoms. The lowest BCUT2D eigenvalue weighted by molar-refractivity contribution is 1.65. The lowest BCUT2D eigenvalue weighted by Gasteiger charge is -1.92. The Morgan fingerprint density at radius 1 is 0.310 bits per heavy atom. The van der Waals surface area contributed by atoms with Crippen LogP contribution in [-0.2, 0) is 0 Å². The van der Waals surface area contributed by atoms with E-state index in [-0.39, 0.29) is 8.85 Å². The Labute approximate surface area is 177 Å². The molecule has 146 valence electrons. The van der Waals surface area contributed by atoms with Crippen LogP contribution in [0.4, 0.5) is 0 Å². The molecule has 0 aliphatic heterocycles. The van der Waals surface area contributed by atoms with Crippen LogP contribution in [0, 0.1) is 0 Å². The summed E-state index contributed by atoms with van der Waals surface area (Å²) in [4.78, 5) is 0. The molecule has 0 heteroatoms. The molecule has 0 saturated carbocycles. The van der Waals surface area contributed by atoms with Crippen molar-refractivity contribution in [2.24, 2.45) is 0 Å². The highest BCUT2D eigenvalue weighted by molar-refractivity contribution is 5.70. The van der Waals surface area contributed by atoms with Crippen LogP contribution in [0.15, 0.2) is 121 Å². The lowest BCUT2D eigenvalue weighted by Crippen LogP contribution is -1.70. The van der Waals surface area contributed by atoms with Crippen molar-refractivity contribution in [3.8, 4) is 0 Å². The predicted octanol–water partition coefficient (Wildman–Crippen LogP) is 8.60. The van der Waals surface area contributed by atoms with E-state index in [2.05, 4.69) is 72.8 Å². The van der Waals surface area contributed by atoms with Gasteiger partial charge in [0.25, 0.3) is 0 Å². The van der Waals surface area contributed by atoms with E-state index in [9.17, 15) is 0 Å². The van der Waals surface area contributed by atoms with Crippen molar-refractivity contribution < 1.29 is 1.43 Å². The molecular formula is C29H30. The molecule has 4 aromatic rings. The topological polar surface area (TPSA) is 0 Å². The Kier molecular flexibility index (Phi) is 9.48. The van der Waals surface area contributed by atoms with Gasteiger partial charge >= 0.3 is 0 Å². The van der Waals surface area contributed by atoms with Gasteiger partial charge in [-0.3, -0.25) is 0 Å². The van der Waals surface area contributed by atoms with Gasteiger partial charge in [-0.25, -0.2) is 0 Å². The summed E-state index contributed by atoms with van der Waals surface area (Å²) in [5.41, 5.74) is 4.93.